The molecule has 5 heteroatoms. The minimum atomic E-state index is -0.421. The predicted octanol–water partition coefficient (Wildman–Crippen LogP) is 1.84. The van der Waals surface area contributed by atoms with Gasteiger partial charge in [0, 0.05) is 12.2 Å². The van der Waals surface area contributed by atoms with Gasteiger partial charge in [-0.15, -0.1) is 0 Å². The number of hydrogen-bond acceptors (Lipinski definition) is 5. The van der Waals surface area contributed by atoms with Crippen LogP contribution in [0.4, 0.5) is 11.7 Å². The monoisotopic (exact) mass is 235 g/mol. The maximum absolute atomic E-state index is 9.65. The topological polar surface area (TPSA) is 84.3 Å². The fourth-order valence-corrected chi connectivity index (χ4v) is 1.45. The van der Waals surface area contributed by atoms with Gasteiger partial charge in [0.25, 0.3) is 6.01 Å². The molecule has 2 aromatic rings. The molecule has 0 bridgehead atoms. The second-order valence-electron chi connectivity index (χ2n) is 4.44. The first kappa shape index (κ1) is 11.7. The largest absolute Gasteiger partial charge is 0.424 e. The Morgan fingerprint density at radius 3 is 2.94 bits per heavy atom. The highest BCUT2D eigenvalue weighted by molar-refractivity contribution is 5.78. The lowest BCUT2D eigenvalue weighted by Crippen LogP contribution is -2.24. The highest BCUT2D eigenvalue weighted by Gasteiger charge is 2.11. The summed E-state index contributed by atoms with van der Waals surface area (Å²) in [5.74, 6) is 0.197. The van der Waals surface area contributed by atoms with Gasteiger partial charge in [-0.05, 0) is 24.1 Å². The third-order valence-electron chi connectivity index (χ3n) is 2.64. The summed E-state index contributed by atoms with van der Waals surface area (Å²) in [7, 11) is 0. The van der Waals surface area contributed by atoms with Crippen molar-refractivity contribution in [2.45, 2.75) is 20.0 Å². The van der Waals surface area contributed by atoms with Crippen molar-refractivity contribution >= 4 is 22.8 Å². The molecule has 0 spiro atoms. The summed E-state index contributed by atoms with van der Waals surface area (Å²) in [5, 5.41) is 12.6. The molecule has 0 amide bonds. The highest BCUT2D eigenvalue weighted by atomic mass is 16.4. The fraction of sp³-hybridized carbons (Fsp3) is 0.417. The molecule has 1 aromatic heterocycles. The number of nitrogen functional groups attached to an aromatic ring is 1. The predicted molar refractivity (Wildman–Crippen MR) is 67.8 cm³/mol. The van der Waals surface area contributed by atoms with Crippen LogP contribution in [0.15, 0.2) is 22.6 Å². The first-order chi connectivity index (χ1) is 8.06. The molecule has 0 fully saturated rings. The molecule has 0 saturated heterocycles. The van der Waals surface area contributed by atoms with Crippen LogP contribution < -0.4 is 11.1 Å². The number of fused-ring (bicyclic) bond motifs is 1. The molecule has 1 heterocycles. The summed E-state index contributed by atoms with van der Waals surface area (Å²) in [4.78, 5) is 4.24. The average molecular weight is 235 g/mol. The second-order valence-corrected chi connectivity index (χ2v) is 4.44. The molecule has 17 heavy (non-hydrogen) atoms. The van der Waals surface area contributed by atoms with Gasteiger partial charge in [0.1, 0.15) is 5.52 Å². The van der Waals surface area contributed by atoms with Crippen LogP contribution in [0, 0.1) is 5.92 Å². The van der Waals surface area contributed by atoms with Gasteiger partial charge in [-0.2, -0.15) is 4.98 Å². The van der Waals surface area contributed by atoms with Gasteiger partial charge in [-0.25, -0.2) is 0 Å². The van der Waals surface area contributed by atoms with Crippen LogP contribution in [0.25, 0.3) is 11.1 Å². The van der Waals surface area contributed by atoms with Crippen LogP contribution in [-0.4, -0.2) is 22.7 Å². The molecule has 1 aromatic carbocycles. The number of anilines is 2. The maximum Gasteiger partial charge on any atom is 0.295 e. The van der Waals surface area contributed by atoms with E-state index in [-0.39, 0.29) is 5.92 Å². The number of rotatable bonds is 4. The van der Waals surface area contributed by atoms with Gasteiger partial charge in [0.15, 0.2) is 5.58 Å². The number of aromatic nitrogens is 1. The van der Waals surface area contributed by atoms with Crippen LogP contribution in [0.3, 0.4) is 0 Å². The minimum absolute atomic E-state index is 0.197. The van der Waals surface area contributed by atoms with Crippen molar-refractivity contribution in [1.29, 1.82) is 0 Å². The van der Waals surface area contributed by atoms with Crippen LogP contribution in [0.5, 0.6) is 0 Å². The zero-order valence-electron chi connectivity index (χ0n) is 9.97. The normalized spacial score (nSPS) is 13.2. The van der Waals surface area contributed by atoms with E-state index in [1.54, 1.807) is 18.2 Å². The van der Waals surface area contributed by atoms with Crippen molar-refractivity contribution in [3.05, 3.63) is 18.2 Å². The van der Waals surface area contributed by atoms with Crippen LogP contribution in [-0.2, 0) is 0 Å². The Morgan fingerprint density at radius 2 is 2.24 bits per heavy atom. The van der Waals surface area contributed by atoms with E-state index in [9.17, 15) is 5.11 Å². The Bertz CT molecular complexity index is 507. The summed E-state index contributed by atoms with van der Waals surface area (Å²) >= 11 is 0. The third-order valence-corrected chi connectivity index (χ3v) is 2.64. The van der Waals surface area contributed by atoms with E-state index in [0.29, 0.717) is 29.3 Å². The van der Waals surface area contributed by atoms with Gasteiger partial charge in [-0.1, -0.05) is 13.8 Å². The fourth-order valence-electron chi connectivity index (χ4n) is 1.45. The summed E-state index contributed by atoms with van der Waals surface area (Å²) in [6.07, 6.45) is -0.421. The summed E-state index contributed by atoms with van der Waals surface area (Å²) in [6, 6.07) is 5.70. The van der Waals surface area contributed by atoms with Gasteiger partial charge >= 0.3 is 0 Å². The first-order valence-electron chi connectivity index (χ1n) is 5.64. The maximum atomic E-state index is 9.65. The number of nitrogens with one attached hydrogen (secondary N) is 1. The van der Waals surface area contributed by atoms with E-state index >= 15 is 0 Å². The Hall–Kier alpha value is -1.75. The number of nitrogens with zero attached hydrogens (tertiary/aromatic N) is 1. The molecule has 92 valence electrons. The number of aliphatic hydroxyl groups excluding tert-OH is 1. The average Bonchev–Trinajstić information content (AvgIpc) is 2.67. The number of aliphatic hydroxyl groups is 1. The van der Waals surface area contributed by atoms with E-state index in [2.05, 4.69) is 10.3 Å². The summed E-state index contributed by atoms with van der Waals surface area (Å²) in [6.45, 7) is 4.33. The zero-order chi connectivity index (χ0) is 12.4. The first-order valence-corrected chi connectivity index (χ1v) is 5.64. The van der Waals surface area contributed by atoms with Crippen LogP contribution in [0.1, 0.15) is 13.8 Å². The van der Waals surface area contributed by atoms with E-state index in [1.165, 1.54) is 0 Å². The second kappa shape index (κ2) is 4.63. The smallest absolute Gasteiger partial charge is 0.295 e. The Morgan fingerprint density at radius 1 is 1.47 bits per heavy atom. The summed E-state index contributed by atoms with van der Waals surface area (Å²) in [5.41, 5.74) is 7.70. The van der Waals surface area contributed by atoms with Crippen molar-refractivity contribution < 1.29 is 9.52 Å². The van der Waals surface area contributed by atoms with Crippen molar-refractivity contribution in [3.63, 3.8) is 0 Å². The summed E-state index contributed by atoms with van der Waals surface area (Å²) < 4.78 is 5.46. The van der Waals surface area contributed by atoms with Crippen molar-refractivity contribution in [2.75, 3.05) is 17.6 Å². The molecule has 0 aliphatic rings. The van der Waals surface area contributed by atoms with E-state index in [0.717, 1.165) is 0 Å². The van der Waals surface area contributed by atoms with Crippen LogP contribution >= 0.6 is 0 Å². The molecule has 2 rings (SSSR count). The SMILES string of the molecule is CC(C)C(O)CNc1nc2cc(N)ccc2o1. The third kappa shape index (κ3) is 2.68. The minimum Gasteiger partial charge on any atom is -0.424 e. The number of oxazole rings is 1. The van der Waals surface area contributed by atoms with Crippen molar-refractivity contribution in [1.82, 2.24) is 4.98 Å². The molecule has 5 nitrogen and oxygen atoms in total. The standard InChI is InChI=1S/C12H17N3O2/c1-7(2)10(16)6-14-12-15-9-5-8(13)3-4-11(9)17-12/h3-5,7,10,16H,6,13H2,1-2H3,(H,14,15). The Labute approximate surface area is 99.6 Å². The zero-order valence-corrected chi connectivity index (χ0v) is 9.97. The van der Waals surface area contributed by atoms with Crippen molar-refractivity contribution in [3.8, 4) is 0 Å². The van der Waals surface area contributed by atoms with E-state index < -0.39 is 6.10 Å². The lowest BCUT2D eigenvalue weighted by Gasteiger charge is -2.13. The Balaban J connectivity index is 2.09. The number of hydrogen-bond donors (Lipinski definition) is 3. The molecule has 1 unspecified atom stereocenters. The van der Waals surface area contributed by atoms with Gasteiger partial charge in [0.05, 0.1) is 6.10 Å². The molecule has 1 atom stereocenters. The molecule has 0 aliphatic carbocycles. The molecule has 0 radical (unpaired) electrons. The molecule has 4 N–H and O–H groups in total. The van der Waals surface area contributed by atoms with Gasteiger partial charge < -0.3 is 20.6 Å². The number of nitrogens with two attached hydrogens (primary N) is 1. The molecular formula is C12H17N3O2. The molecule has 0 saturated carbocycles. The Kier molecular flexibility index (Phi) is 3.19. The van der Waals surface area contributed by atoms with Gasteiger partial charge in [0.2, 0.25) is 0 Å². The number of benzene rings is 1. The van der Waals surface area contributed by atoms with E-state index in [4.69, 9.17) is 10.2 Å². The highest BCUT2D eigenvalue weighted by Crippen LogP contribution is 2.21. The van der Waals surface area contributed by atoms with Gasteiger partial charge in [-0.3, -0.25) is 0 Å². The van der Waals surface area contributed by atoms with Crippen LogP contribution in [0.2, 0.25) is 0 Å². The lowest BCUT2D eigenvalue weighted by molar-refractivity contribution is 0.137. The van der Waals surface area contributed by atoms with E-state index in [1.807, 2.05) is 13.8 Å². The molecule has 0 aliphatic heterocycles. The van der Waals surface area contributed by atoms with Crippen molar-refractivity contribution in [2.24, 2.45) is 5.92 Å². The lowest BCUT2D eigenvalue weighted by atomic mass is 10.1. The quantitative estimate of drug-likeness (QED) is 0.704. The molecular weight excluding hydrogens is 218 g/mol.